The molecule has 4 heteroatoms. The molecule has 1 aromatic carbocycles. The predicted octanol–water partition coefficient (Wildman–Crippen LogP) is 2.13. The highest BCUT2D eigenvalue weighted by Gasteiger charge is 2.12. The molecule has 0 aromatic heterocycles. The van der Waals surface area contributed by atoms with Crippen LogP contribution in [0.15, 0.2) is 18.2 Å². The third-order valence-corrected chi connectivity index (χ3v) is 2.56. The summed E-state index contributed by atoms with van der Waals surface area (Å²) in [6, 6.07) is 5.34. The van der Waals surface area contributed by atoms with E-state index in [1.807, 2.05) is 0 Å². The van der Waals surface area contributed by atoms with Crippen LogP contribution < -0.4 is 9.47 Å². The first-order valence-electron chi connectivity index (χ1n) is 4.19. The fraction of sp³-hybridized carbons (Fsp3) is 0.400. The number of methoxy groups -OCH3 is 2. The van der Waals surface area contributed by atoms with E-state index in [1.54, 1.807) is 32.4 Å². The van der Waals surface area contributed by atoms with E-state index in [-0.39, 0.29) is 0 Å². The molecule has 1 rings (SSSR count). The van der Waals surface area contributed by atoms with E-state index in [2.05, 4.69) is 15.9 Å². The number of hydrogen-bond donors (Lipinski definition) is 1. The van der Waals surface area contributed by atoms with Crippen molar-refractivity contribution < 1.29 is 14.6 Å². The Hall–Kier alpha value is -0.740. The molecular formula is C10H13BrO3. The van der Waals surface area contributed by atoms with Crippen LogP contribution in [0.5, 0.6) is 11.5 Å². The number of hydrogen-bond acceptors (Lipinski definition) is 3. The van der Waals surface area contributed by atoms with Gasteiger partial charge in [-0.1, -0.05) is 15.9 Å². The largest absolute Gasteiger partial charge is 0.497 e. The van der Waals surface area contributed by atoms with E-state index in [9.17, 15) is 5.11 Å². The van der Waals surface area contributed by atoms with Crippen molar-refractivity contribution in [1.29, 1.82) is 0 Å². The Morgan fingerprint density at radius 2 is 2.07 bits per heavy atom. The first-order valence-corrected chi connectivity index (χ1v) is 5.31. The molecule has 0 spiro atoms. The predicted molar refractivity (Wildman–Crippen MR) is 58.3 cm³/mol. The number of rotatable bonds is 4. The minimum absolute atomic E-state index is 0.482. The van der Waals surface area contributed by atoms with Gasteiger partial charge in [-0.05, 0) is 12.1 Å². The molecule has 0 aliphatic carbocycles. The van der Waals surface area contributed by atoms with E-state index < -0.39 is 6.10 Å². The number of aliphatic hydroxyl groups is 1. The van der Waals surface area contributed by atoms with E-state index in [4.69, 9.17) is 9.47 Å². The molecule has 0 heterocycles. The smallest absolute Gasteiger partial charge is 0.128 e. The molecule has 0 aliphatic rings. The number of halogens is 1. The highest BCUT2D eigenvalue weighted by molar-refractivity contribution is 9.09. The van der Waals surface area contributed by atoms with Gasteiger partial charge in [-0.2, -0.15) is 0 Å². The maximum atomic E-state index is 9.64. The van der Waals surface area contributed by atoms with E-state index in [0.29, 0.717) is 16.8 Å². The van der Waals surface area contributed by atoms with Gasteiger partial charge in [0.2, 0.25) is 0 Å². The van der Waals surface area contributed by atoms with E-state index >= 15 is 0 Å². The number of alkyl halides is 1. The zero-order chi connectivity index (χ0) is 10.6. The summed E-state index contributed by atoms with van der Waals surface area (Å²) in [5.41, 5.74) is 0.755. The summed E-state index contributed by atoms with van der Waals surface area (Å²) < 4.78 is 10.2. The van der Waals surface area contributed by atoms with Gasteiger partial charge >= 0.3 is 0 Å². The SMILES string of the molecule is COc1ccc([C@@H](O)CBr)c(OC)c1. The fourth-order valence-corrected chi connectivity index (χ4v) is 1.53. The van der Waals surface area contributed by atoms with Crippen LogP contribution in [0.2, 0.25) is 0 Å². The molecule has 78 valence electrons. The molecule has 14 heavy (non-hydrogen) atoms. The van der Waals surface area contributed by atoms with Crippen LogP contribution in [0, 0.1) is 0 Å². The summed E-state index contributed by atoms with van der Waals surface area (Å²) >= 11 is 3.21. The summed E-state index contributed by atoms with van der Waals surface area (Å²) in [6.45, 7) is 0. The number of ether oxygens (including phenoxy) is 2. The van der Waals surface area contributed by atoms with Crippen molar-refractivity contribution in [2.24, 2.45) is 0 Å². The van der Waals surface area contributed by atoms with Crippen molar-refractivity contribution in [3.63, 3.8) is 0 Å². The lowest BCUT2D eigenvalue weighted by Gasteiger charge is -2.13. The van der Waals surface area contributed by atoms with Crippen LogP contribution in [0.4, 0.5) is 0 Å². The van der Waals surface area contributed by atoms with Gasteiger partial charge < -0.3 is 14.6 Å². The average Bonchev–Trinajstić information content (AvgIpc) is 2.27. The second-order valence-electron chi connectivity index (χ2n) is 2.78. The topological polar surface area (TPSA) is 38.7 Å². The zero-order valence-corrected chi connectivity index (χ0v) is 9.74. The lowest BCUT2D eigenvalue weighted by Crippen LogP contribution is -2.01. The highest BCUT2D eigenvalue weighted by atomic mass is 79.9. The second-order valence-corrected chi connectivity index (χ2v) is 3.43. The summed E-state index contributed by atoms with van der Waals surface area (Å²) in [7, 11) is 3.16. The Morgan fingerprint density at radius 3 is 2.57 bits per heavy atom. The summed E-state index contributed by atoms with van der Waals surface area (Å²) in [5.74, 6) is 1.35. The standard InChI is InChI=1S/C10H13BrO3/c1-13-7-3-4-8(9(12)6-11)10(5-7)14-2/h3-5,9,12H,6H2,1-2H3/t9-/m0/s1. The molecule has 0 fully saturated rings. The van der Waals surface area contributed by atoms with Gasteiger partial charge in [0.15, 0.2) is 0 Å². The molecule has 0 aliphatic heterocycles. The minimum Gasteiger partial charge on any atom is -0.497 e. The summed E-state index contributed by atoms with van der Waals surface area (Å²) in [5, 5.41) is 10.1. The normalized spacial score (nSPS) is 12.3. The van der Waals surface area contributed by atoms with Crippen LogP contribution in [0.25, 0.3) is 0 Å². The molecule has 0 saturated heterocycles. The number of aliphatic hydroxyl groups excluding tert-OH is 1. The van der Waals surface area contributed by atoms with Crippen molar-refractivity contribution in [1.82, 2.24) is 0 Å². The average molecular weight is 261 g/mol. The van der Waals surface area contributed by atoms with E-state index in [1.165, 1.54) is 0 Å². The highest BCUT2D eigenvalue weighted by Crippen LogP contribution is 2.29. The maximum Gasteiger partial charge on any atom is 0.128 e. The Labute approximate surface area is 91.8 Å². The first kappa shape index (κ1) is 11.3. The first-order chi connectivity index (χ1) is 6.72. The zero-order valence-electron chi connectivity index (χ0n) is 8.16. The van der Waals surface area contributed by atoms with Crippen molar-refractivity contribution >= 4 is 15.9 Å². The lowest BCUT2D eigenvalue weighted by atomic mass is 10.1. The van der Waals surface area contributed by atoms with Gasteiger partial charge in [0, 0.05) is 17.0 Å². The van der Waals surface area contributed by atoms with Crippen molar-refractivity contribution in [3.8, 4) is 11.5 Å². The molecule has 3 nitrogen and oxygen atoms in total. The van der Waals surface area contributed by atoms with Crippen molar-refractivity contribution in [2.75, 3.05) is 19.5 Å². The molecule has 1 aromatic rings. The molecule has 0 unspecified atom stereocenters. The Balaban J connectivity index is 3.04. The van der Waals surface area contributed by atoms with Gasteiger partial charge in [0.1, 0.15) is 11.5 Å². The van der Waals surface area contributed by atoms with Crippen LogP contribution in [0.3, 0.4) is 0 Å². The number of benzene rings is 1. The van der Waals surface area contributed by atoms with Crippen molar-refractivity contribution in [3.05, 3.63) is 23.8 Å². The second kappa shape index (κ2) is 5.22. The Morgan fingerprint density at radius 1 is 1.36 bits per heavy atom. The molecule has 0 saturated carbocycles. The van der Waals surface area contributed by atoms with Gasteiger partial charge in [-0.3, -0.25) is 0 Å². The quantitative estimate of drug-likeness (QED) is 0.844. The molecule has 1 atom stereocenters. The van der Waals surface area contributed by atoms with E-state index in [0.717, 1.165) is 5.56 Å². The monoisotopic (exact) mass is 260 g/mol. The van der Waals surface area contributed by atoms with Gasteiger partial charge in [-0.15, -0.1) is 0 Å². The van der Waals surface area contributed by atoms with Crippen LogP contribution >= 0.6 is 15.9 Å². The maximum absolute atomic E-state index is 9.64. The lowest BCUT2D eigenvalue weighted by molar-refractivity contribution is 0.200. The van der Waals surface area contributed by atoms with Crippen LogP contribution in [0.1, 0.15) is 11.7 Å². The van der Waals surface area contributed by atoms with Gasteiger partial charge in [0.25, 0.3) is 0 Å². The van der Waals surface area contributed by atoms with Gasteiger partial charge in [-0.25, -0.2) is 0 Å². The fourth-order valence-electron chi connectivity index (χ4n) is 1.18. The molecular weight excluding hydrogens is 248 g/mol. The molecule has 0 amide bonds. The summed E-state index contributed by atoms with van der Waals surface area (Å²) in [4.78, 5) is 0. The van der Waals surface area contributed by atoms with Crippen LogP contribution in [-0.4, -0.2) is 24.7 Å². The third kappa shape index (κ3) is 2.39. The van der Waals surface area contributed by atoms with Gasteiger partial charge in [0.05, 0.1) is 20.3 Å². The molecule has 0 bridgehead atoms. The van der Waals surface area contributed by atoms with Crippen LogP contribution in [-0.2, 0) is 0 Å². The Kier molecular flexibility index (Phi) is 4.22. The summed E-state index contributed by atoms with van der Waals surface area (Å²) in [6.07, 6.45) is -0.559. The third-order valence-electron chi connectivity index (χ3n) is 1.95. The molecule has 0 radical (unpaired) electrons. The van der Waals surface area contributed by atoms with Crippen molar-refractivity contribution in [2.45, 2.75) is 6.10 Å². The molecule has 1 N–H and O–H groups in total. The Bertz CT molecular complexity index is 301. The minimum atomic E-state index is -0.559.